The highest BCUT2D eigenvalue weighted by Crippen LogP contribution is 2.44. The second-order valence-corrected chi connectivity index (χ2v) is 17.1. The Morgan fingerprint density at radius 2 is 0.770 bits per heavy atom. The summed E-state index contributed by atoms with van der Waals surface area (Å²) >= 11 is 0. The summed E-state index contributed by atoms with van der Waals surface area (Å²) in [5.74, 6) is -0.915. The SMILES string of the molecule is C[C@H](CN1CCOCC1)C(C(=O)N1CCCC1)(c1ccc(F)cc1)c1ccc(F)cc1.C[C@H](CN1CCOCC1)C(C(=O)N1CCCC1)(c1ccccc1)c1ccc(F)cc1. The third kappa shape index (κ3) is 9.75. The van der Waals surface area contributed by atoms with Gasteiger partial charge in [-0.1, -0.05) is 80.6 Å². The smallest absolute Gasteiger partial charge is 0.238 e. The van der Waals surface area contributed by atoms with Crippen molar-refractivity contribution in [1.82, 2.24) is 19.6 Å². The zero-order chi connectivity index (χ0) is 42.8. The van der Waals surface area contributed by atoms with Crippen LogP contribution in [0.25, 0.3) is 0 Å². The molecule has 0 spiro atoms. The minimum Gasteiger partial charge on any atom is -0.379 e. The normalized spacial score (nSPS) is 19.8. The Hall–Kier alpha value is -4.55. The van der Waals surface area contributed by atoms with Crippen molar-refractivity contribution in [2.45, 2.75) is 50.4 Å². The first-order chi connectivity index (χ1) is 29.6. The third-order valence-electron chi connectivity index (χ3n) is 13.3. The predicted octanol–water partition coefficient (Wildman–Crippen LogP) is 7.54. The van der Waals surface area contributed by atoms with Gasteiger partial charge in [-0.05, 0) is 96.2 Å². The molecule has 4 aromatic rings. The van der Waals surface area contributed by atoms with Crippen LogP contribution in [0.5, 0.6) is 0 Å². The average molecular weight is 839 g/mol. The lowest BCUT2D eigenvalue weighted by Gasteiger charge is -2.43. The summed E-state index contributed by atoms with van der Waals surface area (Å²) in [6.07, 6.45) is 4.04. The van der Waals surface area contributed by atoms with Crippen molar-refractivity contribution < 1.29 is 32.2 Å². The number of hydrogen-bond donors (Lipinski definition) is 0. The number of benzene rings is 4. The van der Waals surface area contributed by atoms with Crippen LogP contribution in [0.15, 0.2) is 103 Å². The van der Waals surface area contributed by atoms with E-state index in [9.17, 15) is 22.8 Å². The molecule has 8 rings (SSSR count). The lowest BCUT2D eigenvalue weighted by Crippen LogP contribution is -2.54. The van der Waals surface area contributed by atoms with E-state index in [2.05, 4.69) is 23.6 Å². The van der Waals surface area contributed by atoms with Crippen molar-refractivity contribution in [3.63, 3.8) is 0 Å². The van der Waals surface area contributed by atoms with Crippen LogP contribution in [0.1, 0.15) is 61.8 Å². The fourth-order valence-corrected chi connectivity index (χ4v) is 10.2. The molecule has 4 saturated heterocycles. The van der Waals surface area contributed by atoms with Gasteiger partial charge in [0.05, 0.1) is 26.4 Å². The maximum absolute atomic E-state index is 14.2. The number of likely N-dealkylation sites (tertiary alicyclic amines) is 2. The molecular weight excluding hydrogens is 778 g/mol. The number of carbonyl (C=O) groups excluding carboxylic acids is 2. The Morgan fingerprint density at radius 1 is 0.475 bits per heavy atom. The van der Waals surface area contributed by atoms with E-state index >= 15 is 0 Å². The predicted molar refractivity (Wildman–Crippen MR) is 232 cm³/mol. The number of hydrogen-bond acceptors (Lipinski definition) is 6. The highest BCUT2D eigenvalue weighted by molar-refractivity contribution is 5.93. The standard InChI is InChI=1S/C25H30F2N2O2.C25H31FN2O2/c1-19(18-28-14-16-31-17-15-28)25(20-4-8-22(26)9-5-20,21-6-10-23(27)11-7-21)24(30)29-12-2-3-13-29;1-20(19-27-15-17-30-18-16-27)25(21-7-3-2-4-8-21,22-9-11-23(26)12-10-22)24(29)28-13-5-6-14-28/h4-11,19H,2-3,12-18H2,1H3;2-4,7-12,20H,5-6,13-19H2,1H3/t19-;20-,25?/m11/s1. The van der Waals surface area contributed by atoms with E-state index in [-0.39, 0.29) is 41.1 Å². The maximum atomic E-state index is 14.2. The molecule has 3 atom stereocenters. The van der Waals surface area contributed by atoms with Gasteiger partial charge < -0.3 is 19.3 Å². The lowest BCUT2D eigenvalue weighted by atomic mass is 9.65. The topological polar surface area (TPSA) is 65.6 Å². The van der Waals surface area contributed by atoms with Crippen LogP contribution in [0.4, 0.5) is 13.2 Å². The molecule has 4 aliphatic heterocycles. The minimum absolute atomic E-state index is 0.0107. The van der Waals surface area contributed by atoms with Crippen LogP contribution in [0, 0.1) is 29.3 Å². The highest BCUT2D eigenvalue weighted by atomic mass is 19.1. The second-order valence-electron chi connectivity index (χ2n) is 17.1. The van der Waals surface area contributed by atoms with Gasteiger partial charge in [0, 0.05) is 65.4 Å². The van der Waals surface area contributed by atoms with Crippen LogP contribution in [0.3, 0.4) is 0 Å². The number of nitrogens with zero attached hydrogens (tertiary/aromatic N) is 4. The molecule has 0 bridgehead atoms. The number of carbonyl (C=O) groups is 2. The van der Waals surface area contributed by atoms with Gasteiger partial charge in [-0.2, -0.15) is 0 Å². The molecule has 1 unspecified atom stereocenters. The van der Waals surface area contributed by atoms with Gasteiger partial charge in [-0.3, -0.25) is 19.4 Å². The summed E-state index contributed by atoms with van der Waals surface area (Å²) in [5.41, 5.74) is 1.47. The summed E-state index contributed by atoms with van der Waals surface area (Å²) in [7, 11) is 0. The Kier molecular flexibility index (Phi) is 15.0. The van der Waals surface area contributed by atoms with Gasteiger partial charge in [0.1, 0.15) is 28.3 Å². The van der Waals surface area contributed by atoms with Crippen LogP contribution >= 0.6 is 0 Å². The summed E-state index contributed by atoms with van der Waals surface area (Å²) in [4.78, 5) is 37.1. The molecule has 0 N–H and O–H groups in total. The van der Waals surface area contributed by atoms with Crippen molar-refractivity contribution in [3.8, 4) is 0 Å². The van der Waals surface area contributed by atoms with Gasteiger partial charge in [-0.25, -0.2) is 13.2 Å². The molecule has 0 aliphatic carbocycles. The molecule has 8 nitrogen and oxygen atoms in total. The van der Waals surface area contributed by atoms with Gasteiger partial charge in [0.15, 0.2) is 0 Å². The zero-order valence-electron chi connectivity index (χ0n) is 35.8. The van der Waals surface area contributed by atoms with E-state index in [1.807, 2.05) is 40.1 Å². The van der Waals surface area contributed by atoms with Crippen LogP contribution in [-0.2, 0) is 29.9 Å². The second kappa shape index (κ2) is 20.5. The van der Waals surface area contributed by atoms with Gasteiger partial charge in [0.25, 0.3) is 0 Å². The van der Waals surface area contributed by atoms with E-state index in [0.717, 1.165) is 107 Å². The van der Waals surface area contributed by atoms with Crippen LogP contribution < -0.4 is 0 Å². The highest BCUT2D eigenvalue weighted by Gasteiger charge is 2.51. The molecule has 2 amide bonds. The van der Waals surface area contributed by atoms with E-state index < -0.39 is 10.8 Å². The number of amides is 2. The summed E-state index contributed by atoms with van der Waals surface area (Å²) < 4.78 is 52.5. The first-order valence-corrected chi connectivity index (χ1v) is 22.2. The first-order valence-electron chi connectivity index (χ1n) is 22.2. The molecule has 4 aliphatic rings. The number of rotatable bonds is 12. The zero-order valence-corrected chi connectivity index (χ0v) is 35.8. The van der Waals surface area contributed by atoms with Crippen molar-refractivity contribution in [3.05, 3.63) is 143 Å². The van der Waals surface area contributed by atoms with Crippen LogP contribution in [-0.4, -0.2) is 123 Å². The lowest BCUT2D eigenvalue weighted by molar-refractivity contribution is -0.137. The summed E-state index contributed by atoms with van der Waals surface area (Å²) in [6, 6.07) is 29.1. The van der Waals surface area contributed by atoms with E-state index in [0.29, 0.717) is 32.8 Å². The first kappa shape index (κ1) is 44.5. The number of morpholine rings is 2. The maximum Gasteiger partial charge on any atom is 0.238 e. The molecule has 0 saturated carbocycles. The Bertz CT molecular complexity index is 1950. The molecule has 61 heavy (non-hydrogen) atoms. The molecule has 11 heteroatoms. The van der Waals surface area contributed by atoms with Crippen molar-refractivity contribution in [2.75, 3.05) is 91.9 Å². The quantitative estimate of drug-likeness (QED) is 0.147. The average Bonchev–Trinajstić information content (AvgIpc) is 4.04. The molecule has 4 fully saturated rings. The van der Waals surface area contributed by atoms with Gasteiger partial charge in [-0.15, -0.1) is 0 Å². The van der Waals surface area contributed by atoms with Crippen molar-refractivity contribution in [2.24, 2.45) is 11.8 Å². The fraction of sp³-hybridized carbons (Fsp3) is 0.480. The fourth-order valence-electron chi connectivity index (χ4n) is 10.2. The molecule has 326 valence electrons. The molecular formula is C50H61F3N4O4. The molecule has 0 aromatic heterocycles. The molecule has 4 aromatic carbocycles. The Balaban J connectivity index is 0.000000184. The number of halogens is 3. The van der Waals surface area contributed by atoms with E-state index in [4.69, 9.17) is 9.47 Å². The van der Waals surface area contributed by atoms with E-state index in [1.54, 1.807) is 36.4 Å². The monoisotopic (exact) mass is 838 g/mol. The molecule has 0 radical (unpaired) electrons. The van der Waals surface area contributed by atoms with Crippen molar-refractivity contribution >= 4 is 11.8 Å². The van der Waals surface area contributed by atoms with Crippen LogP contribution in [0.2, 0.25) is 0 Å². The summed E-state index contributed by atoms with van der Waals surface area (Å²) in [6.45, 7) is 14.9. The van der Waals surface area contributed by atoms with Crippen molar-refractivity contribution in [1.29, 1.82) is 0 Å². The van der Waals surface area contributed by atoms with E-state index in [1.165, 1.54) is 36.4 Å². The molecule has 4 heterocycles. The third-order valence-corrected chi connectivity index (χ3v) is 13.3. The Labute approximate surface area is 359 Å². The minimum atomic E-state index is -1.02. The largest absolute Gasteiger partial charge is 0.379 e. The van der Waals surface area contributed by atoms with Gasteiger partial charge >= 0.3 is 0 Å². The number of ether oxygens (including phenoxy) is 2. The summed E-state index contributed by atoms with van der Waals surface area (Å²) in [5, 5.41) is 0. The van der Waals surface area contributed by atoms with Gasteiger partial charge in [0.2, 0.25) is 11.8 Å². The Morgan fingerprint density at radius 3 is 1.08 bits per heavy atom.